The summed E-state index contributed by atoms with van der Waals surface area (Å²) in [6.07, 6.45) is 1.86. The van der Waals surface area contributed by atoms with Crippen molar-refractivity contribution in [2.24, 2.45) is 0 Å². The molecule has 0 aliphatic rings. The maximum absolute atomic E-state index is 11.7. The van der Waals surface area contributed by atoms with Gasteiger partial charge in [0.25, 0.3) is 0 Å². The number of aliphatic hydroxyl groups excluding tert-OH is 1. The number of amides is 1. The van der Waals surface area contributed by atoms with Crippen LogP contribution in [0.1, 0.15) is 11.4 Å². The molecule has 19 heavy (non-hydrogen) atoms. The molecule has 0 aliphatic heterocycles. The Labute approximate surface area is 112 Å². The van der Waals surface area contributed by atoms with Crippen molar-refractivity contribution in [1.29, 1.82) is 0 Å². The van der Waals surface area contributed by atoms with E-state index < -0.39 is 24.5 Å². The van der Waals surface area contributed by atoms with Crippen LogP contribution in [-0.4, -0.2) is 44.1 Å². The van der Waals surface area contributed by atoms with Crippen LogP contribution in [0.15, 0.2) is 11.6 Å². The average Bonchev–Trinajstić information content (AvgIpc) is 2.86. The molecule has 1 amide bonds. The number of aliphatic hydroxyl groups is 1. The summed E-state index contributed by atoms with van der Waals surface area (Å²) < 4.78 is 1.80. The minimum absolute atomic E-state index is 0.0412. The number of carbonyl (C=O) groups is 2. The van der Waals surface area contributed by atoms with Crippen LogP contribution in [0.3, 0.4) is 0 Å². The van der Waals surface area contributed by atoms with Crippen molar-refractivity contribution in [2.75, 3.05) is 6.61 Å². The first-order chi connectivity index (χ1) is 9.01. The van der Waals surface area contributed by atoms with E-state index in [-0.39, 0.29) is 6.42 Å². The van der Waals surface area contributed by atoms with Crippen molar-refractivity contribution < 1.29 is 19.8 Å². The maximum Gasteiger partial charge on any atom is 0.328 e. The minimum Gasteiger partial charge on any atom is -0.480 e. The van der Waals surface area contributed by atoms with E-state index in [1.807, 2.05) is 13.1 Å². The first-order valence-electron chi connectivity index (χ1n) is 5.56. The van der Waals surface area contributed by atoms with Crippen molar-refractivity contribution in [3.8, 4) is 0 Å². The summed E-state index contributed by atoms with van der Waals surface area (Å²) in [5.74, 6) is -1.71. The minimum atomic E-state index is -1.27. The number of thiazole rings is 1. The molecule has 102 valence electrons. The molecule has 0 spiro atoms. The molecule has 3 N–H and O–H groups in total. The standard InChI is InChI=1S/C11H13N3O4S/c1-6-3-14-7(5-19-11(14)12-6)2-9(16)13-8(4-15)10(17)18/h3,5,8,15H,2,4H2,1H3,(H,13,16)(H,17,18)/t8-/m0/s1. The highest BCUT2D eigenvalue weighted by Crippen LogP contribution is 2.16. The number of hydrogen-bond acceptors (Lipinski definition) is 5. The monoisotopic (exact) mass is 283 g/mol. The van der Waals surface area contributed by atoms with Gasteiger partial charge in [-0.2, -0.15) is 0 Å². The molecule has 7 nitrogen and oxygen atoms in total. The van der Waals surface area contributed by atoms with E-state index in [0.29, 0.717) is 0 Å². The van der Waals surface area contributed by atoms with Gasteiger partial charge in [-0.3, -0.25) is 9.20 Å². The molecule has 0 fully saturated rings. The van der Waals surface area contributed by atoms with Crippen molar-refractivity contribution in [3.63, 3.8) is 0 Å². The summed E-state index contributed by atoms with van der Waals surface area (Å²) in [4.78, 5) is 27.5. The number of hydrogen-bond donors (Lipinski definition) is 3. The lowest BCUT2D eigenvalue weighted by atomic mass is 10.2. The second kappa shape index (κ2) is 5.37. The molecular weight excluding hydrogens is 270 g/mol. The molecule has 0 unspecified atom stereocenters. The van der Waals surface area contributed by atoms with Gasteiger partial charge in [0.15, 0.2) is 4.96 Å². The molecule has 0 saturated heterocycles. The van der Waals surface area contributed by atoms with Crippen LogP contribution >= 0.6 is 11.3 Å². The van der Waals surface area contributed by atoms with Crippen LogP contribution in [0, 0.1) is 6.92 Å². The number of rotatable bonds is 5. The Hall–Kier alpha value is -1.93. The second-order valence-corrected chi connectivity index (χ2v) is 4.92. The van der Waals surface area contributed by atoms with Crippen molar-refractivity contribution in [2.45, 2.75) is 19.4 Å². The highest BCUT2D eigenvalue weighted by molar-refractivity contribution is 7.15. The molecule has 2 aromatic rings. The van der Waals surface area contributed by atoms with E-state index in [1.165, 1.54) is 11.3 Å². The van der Waals surface area contributed by atoms with E-state index in [0.717, 1.165) is 16.3 Å². The fraction of sp³-hybridized carbons (Fsp3) is 0.364. The summed E-state index contributed by atoms with van der Waals surface area (Å²) in [5, 5.41) is 21.6. The predicted octanol–water partition coefficient (Wildman–Crippen LogP) is -0.192. The molecule has 0 bridgehead atoms. The Balaban J connectivity index is 2.08. The third kappa shape index (κ3) is 2.91. The van der Waals surface area contributed by atoms with Gasteiger partial charge < -0.3 is 15.5 Å². The summed E-state index contributed by atoms with van der Waals surface area (Å²) in [6, 6.07) is -1.27. The van der Waals surface area contributed by atoms with E-state index in [1.54, 1.807) is 9.78 Å². The van der Waals surface area contributed by atoms with Crippen molar-refractivity contribution in [3.05, 3.63) is 23.0 Å². The number of aryl methyl sites for hydroxylation is 1. The van der Waals surface area contributed by atoms with E-state index >= 15 is 0 Å². The number of carbonyl (C=O) groups excluding carboxylic acids is 1. The quantitative estimate of drug-likeness (QED) is 0.705. The van der Waals surface area contributed by atoms with Gasteiger partial charge in [-0.1, -0.05) is 0 Å². The van der Waals surface area contributed by atoms with Crippen LogP contribution in [-0.2, 0) is 16.0 Å². The van der Waals surface area contributed by atoms with Gasteiger partial charge >= 0.3 is 5.97 Å². The fourth-order valence-corrected chi connectivity index (χ4v) is 2.58. The number of imidazole rings is 1. The topological polar surface area (TPSA) is 104 Å². The molecule has 0 radical (unpaired) electrons. The zero-order chi connectivity index (χ0) is 14.0. The van der Waals surface area contributed by atoms with E-state index in [2.05, 4.69) is 10.3 Å². The molecule has 1 atom stereocenters. The third-order valence-electron chi connectivity index (χ3n) is 2.56. The van der Waals surface area contributed by atoms with Crippen molar-refractivity contribution in [1.82, 2.24) is 14.7 Å². The first kappa shape index (κ1) is 13.5. The lowest BCUT2D eigenvalue weighted by Gasteiger charge is -2.11. The maximum atomic E-state index is 11.7. The molecule has 2 aromatic heterocycles. The van der Waals surface area contributed by atoms with Crippen molar-refractivity contribution >= 4 is 28.2 Å². The van der Waals surface area contributed by atoms with Gasteiger partial charge in [-0.25, -0.2) is 9.78 Å². The first-order valence-corrected chi connectivity index (χ1v) is 6.44. The highest BCUT2D eigenvalue weighted by atomic mass is 32.1. The van der Waals surface area contributed by atoms with Gasteiger partial charge in [0.1, 0.15) is 6.04 Å². The zero-order valence-corrected chi connectivity index (χ0v) is 11.0. The van der Waals surface area contributed by atoms with Crippen LogP contribution in [0.2, 0.25) is 0 Å². The number of aliphatic carboxylic acids is 1. The molecule has 8 heteroatoms. The van der Waals surface area contributed by atoms with Gasteiger partial charge in [-0.05, 0) is 6.92 Å². The molecule has 0 aliphatic carbocycles. The lowest BCUT2D eigenvalue weighted by Crippen LogP contribution is -2.44. The molecule has 0 aromatic carbocycles. The summed E-state index contributed by atoms with van der Waals surface area (Å²) in [7, 11) is 0. The van der Waals surface area contributed by atoms with Gasteiger partial charge in [0, 0.05) is 17.3 Å². The zero-order valence-electron chi connectivity index (χ0n) is 10.2. The van der Waals surface area contributed by atoms with Gasteiger partial charge in [0.2, 0.25) is 5.91 Å². The molecule has 0 saturated carbocycles. The number of aromatic nitrogens is 2. The number of fused-ring (bicyclic) bond motifs is 1. The fourth-order valence-electron chi connectivity index (χ4n) is 1.66. The highest BCUT2D eigenvalue weighted by Gasteiger charge is 2.19. The number of carboxylic acids is 1. The van der Waals surface area contributed by atoms with Gasteiger partial charge in [-0.15, -0.1) is 11.3 Å². The molecular formula is C11H13N3O4S. The SMILES string of the molecule is Cc1cn2c(CC(=O)N[C@@H](CO)C(=O)O)csc2n1. The van der Waals surface area contributed by atoms with Crippen LogP contribution < -0.4 is 5.32 Å². The number of nitrogens with zero attached hydrogens (tertiary/aromatic N) is 2. The lowest BCUT2D eigenvalue weighted by molar-refractivity contribution is -0.142. The summed E-state index contributed by atoms with van der Waals surface area (Å²) in [6.45, 7) is 1.22. The van der Waals surface area contributed by atoms with Gasteiger partial charge in [0.05, 0.1) is 18.7 Å². The third-order valence-corrected chi connectivity index (χ3v) is 3.45. The second-order valence-electron chi connectivity index (χ2n) is 4.08. The molecule has 2 rings (SSSR count). The predicted molar refractivity (Wildman–Crippen MR) is 68.2 cm³/mol. The van der Waals surface area contributed by atoms with E-state index in [4.69, 9.17) is 10.2 Å². The summed E-state index contributed by atoms with van der Waals surface area (Å²) in [5.41, 5.74) is 1.59. The Bertz CT molecular complexity index is 619. The van der Waals surface area contributed by atoms with Crippen LogP contribution in [0.5, 0.6) is 0 Å². The Morgan fingerprint density at radius 1 is 1.58 bits per heavy atom. The molecule has 2 heterocycles. The number of carboxylic acid groups (broad SMARTS) is 1. The smallest absolute Gasteiger partial charge is 0.328 e. The summed E-state index contributed by atoms with van der Waals surface area (Å²) >= 11 is 1.41. The normalized spacial score (nSPS) is 12.5. The average molecular weight is 283 g/mol. The number of nitrogens with one attached hydrogen (secondary N) is 1. The Morgan fingerprint density at radius 3 is 2.95 bits per heavy atom. The van der Waals surface area contributed by atoms with Crippen LogP contribution in [0.25, 0.3) is 4.96 Å². The Kier molecular flexibility index (Phi) is 3.82. The Morgan fingerprint density at radius 2 is 2.32 bits per heavy atom. The van der Waals surface area contributed by atoms with Crippen LogP contribution in [0.4, 0.5) is 0 Å². The van der Waals surface area contributed by atoms with E-state index in [9.17, 15) is 9.59 Å². The largest absolute Gasteiger partial charge is 0.480 e.